The van der Waals surface area contributed by atoms with Crippen LogP contribution in [0, 0.1) is 0 Å². The van der Waals surface area contributed by atoms with Crippen LogP contribution in [-0.4, -0.2) is 36.6 Å². The second kappa shape index (κ2) is 11.0. The first kappa shape index (κ1) is 23.6. The fourth-order valence-corrected chi connectivity index (χ4v) is 3.38. The Morgan fingerprint density at radius 3 is 2.12 bits per heavy atom. The van der Waals surface area contributed by atoms with Crippen molar-refractivity contribution in [2.45, 2.75) is 6.92 Å². The van der Waals surface area contributed by atoms with Crippen molar-refractivity contribution in [1.82, 2.24) is 5.32 Å². The number of carbonyl (C=O) groups is 3. The van der Waals surface area contributed by atoms with Crippen LogP contribution in [0.3, 0.4) is 0 Å². The molecular formula is C25H23N3O4S. The van der Waals surface area contributed by atoms with E-state index in [0.717, 1.165) is 5.69 Å². The van der Waals surface area contributed by atoms with Gasteiger partial charge in [-0.15, -0.1) is 0 Å². The zero-order valence-corrected chi connectivity index (χ0v) is 19.0. The smallest absolute Gasteiger partial charge is 0.337 e. The SMILES string of the molecule is CCN(C(=O)c1ccccc1NC(=S)NC(=O)c1ccc(C(=O)OC)cc1)c1ccccc1. The molecule has 0 saturated carbocycles. The fourth-order valence-electron chi connectivity index (χ4n) is 3.18. The number of nitrogens with zero attached hydrogens (tertiary/aromatic N) is 1. The van der Waals surface area contributed by atoms with Crippen molar-refractivity contribution < 1.29 is 19.1 Å². The number of carbonyl (C=O) groups excluding carboxylic acids is 3. The lowest BCUT2D eigenvalue weighted by Gasteiger charge is -2.23. The molecule has 0 bridgehead atoms. The number of methoxy groups -OCH3 is 1. The summed E-state index contributed by atoms with van der Waals surface area (Å²) in [5.41, 5.74) is 2.33. The van der Waals surface area contributed by atoms with E-state index in [0.29, 0.717) is 28.9 Å². The van der Waals surface area contributed by atoms with E-state index in [-0.39, 0.29) is 11.0 Å². The van der Waals surface area contributed by atoms with E-state index in [1.54, 1.807) is 29.2 Å². The van der Waals surface area contributed by atoms with Crippen LogP contribution in [0.15, 0.2) is 78.9 Å². The summed E-state index contributed by atoms with van der Waals surface area (Å²) in [5.74, 6) is -1.14. The summed E-state index contributed by atoms with van der Waals surface area (Å²) in [6.45, 7) is 2.39. The number of nitrogens with one attached hydrogen (secondary N) is 2. The number of hydrogen-bond acceptors (Lipinski definition) is 5. The second-order valence-corrected chi connectivity index (χ2v) is 7.32. The molecule has 7 nitrogen and oxygen atoms in total. The Morgan fingerprint density at radius 2 is 1.48 bits per heavy atom. The number of anilines is 2. The van der Waals surface area contributed by atoms with E-state index >= 15 is 0 Å². The Morgan fingerprint density at radius 1 is 0.879 bits per heavy atom. The molecule has 33 heavy (non-hydrogen) atoms. The summed E-state index contributed by atoms with van der Waals surface area (Å²) in [7, 11) is 1.29. The Labute approximate surface area is 197 Å². The van der Waals surface area contributed by atoms with Gasteiger partial charge in [0, 0.05) is 17.8 Å². The molecule has 8 heteroatoms. The van der Waals surface area contributed by atoms with Crippen LogP contribution in [-0.2, 0) is 4.74 Å². The topological polar surface area (TPSA) is 87.7 Å². The van der Waals surface area contributed by atoms with Gasteiger partial charge in [-0.3, -0.25) is 14.9 Å². The van der Waals surface area contributed by atoms with Gasteiger partial charge in [-0.2, -0.15) is 0 Å². The molecule has 0 aliphatic heterocycles. The summed E-state index contributed by atoms with van der Waals surface area (Å²) < 4.78 is 4.65. The Bertz CT molecular complexity index is 1160. The second-order valence-electron chi connectivity index (χ2n) is 6.91. The number of benzene rings is 3. The molecule has 0 atom stereocenters. The highest BCUT2D eigenvalue weighted by atomic mass is 32.1. The van der Waals surface area contributed by atoms with Crippen LogP contribution in [0.1, 0.15) is 38.0 Å². The van der Waals surface area contributed by atoms with Gasteiger partial charge in [0.25, 0.3) is 11.8 Å². The summed E-state index contributed by atoms with van der Waals surface area (Å²) in [6, 6.07) is 22.3. The van der Waals surface area contributed by atoms with E-state index in [1.165, 1.54) is 31.4 Å². The third kappa shape index (κ3) is 5.81. The van der Waals surface area contributed by atoms with Gasteiger partial charge in [-0.25, -0.2) is 4.79 Å². The van der Waals surface area contributed by atoms with Crippen molar-refractivity contribution in [3.05, 3.63) is 95.6 Å². The van der Waals surface area contributed by atoms with E-state index in [9.17, 15) is 14.4 Å². The van der Waals surface area contributed by atoms with Crippen molar-refractivity contribution in [3.63, 3.8) is 0 Å². The van der Waals surface area contributed by atoms with Crippen molar-refractivity contribution in [2.75, 3.05) is 23.9 Å². The first-order chi connectivity index (χ1) is 15.9. The first-order valence-electron chi connectivity index (χ1n) is 10.2. The Balaban J connectivity index is 1.72. The average molecular weight is 462 g/mol. The van der Waals surface area contributed by atoms with E-state index in [4.69, 9.17) is 12.2 Å². The van der Waals surface area contributed by atoms with E-state index in [1.807, 2.05) is 37.3 Å². The number of thiocarbonyl (C=S) groups is 1. The van der Waals surface area contributed by atoms with Gasteiger partial charge in [0.2, 0.25) is 0 Å². The van der Waals surface area contributed by atoms with Gasteiger partial charge < -0.3 is 15.0 Å². The standard InChI is InChI=1S/C25H23N3O4S/c1-3-28(19-9-5-4-6-10-19)23(30)20-11-7-8-12-21(20)26-25(33)27-22(29)17-13-15-18(16-14-17)24(31)32-2/h4-16H,3H2,1-2H3,(H2,26,27,29,33). The van der Waals surface area contributed by atoms with Gasteiger partial charge in [0.15, 0.2) is 5.11 Å². The summed E-state index contributed by atoms with van der Waals surface area (Å²) in [4.78, 5) is 39.0. The van der Waals surface area contributed by atoms with Crippen molar-refractivity contribution >= 4 is 46.5 Å². The zero-order chi connectivity index (χ0) is 23.8. The number of esters is 1. The maximum absolute atomic E-state index is 13.3. The molecule has 0 radical (unpaired) electrons. The molecule has 0 fully saturated rings. The molecule has 0 aliphatic carbocycles. The van der Waals surface area contributed by atoms with Gasteiger partial charge in [0.1, 0.15) is 0 Å². The van der Waals surface area contributed by atoms with Crippen LogP contribution >= 0.6 is 12.2 Å². The first-order valence-corrected chi connectivity index (χ1v) is 10.6. The monoisotopic (exact) mass is 461 g/mol. The van der Waals surface area contributed by atoms with Crippen LogP contribution in [0.2, 0.25) is 0 Å². The molecule has 0 aliphatic rings. The molecule has 2 N–H and O–H groups in total. The normalized spacial score (nSPS) is 10.1. The predicted molar refractivity (Wildman–Crippen MR) is 132 cm³/mol. The summed E-state index contributed by atoms with van der Waals surface area (Å²) >= 11 is 5.29. The third-order valence-corrected chi connectivity index (χ3v) is 5.03. The molecule has 0 saturated heterocycles. The molecule has 3 rings (SSSR count). The van der Waals surface area contributed by atoms with Gasteiger partial charge >= 0.3 is 5.97 Å². The van der Waals surface area contributed by atoms with Gasteiger partial charge in [-0.05, 0) is 67.7 Å². The van der Waals surface area contributed by atoms with Crippen LogP contribution in [0.4, 0.5) is 11.4 Å². The maximum Gasteiger partial charge on any atom is 0.337 e. The highest BCUT2D eigenvalue weighted by Gasteiger charge is 2.20. The molecule has 2 amide bonds. The minimum atomic E-state index is -0.489. The van der Waals surface area contributed by atoms with Crippen molar-refractivity contribution in [1.29, 1.82) is 0 Å². The number of ether oxygens (including phenoxy) is 1. The van der Waals surface area contributed by atoms with E-state index in [2.05, 4.69) is 15.4 Å². The minimum absolute atomic E-state index is 0.0417. The average Bonchev–Trinajstić information content (AvgIpc) is 2.85. The molecule has 0 unspecified atom stereocenters. The van der Waals surface area contributed by atoms with Crippen molar-refractivity contribution in [2.24, 2.45) is 0 Å². The fraction of sp³-hybridized carbons (Fsp3) is 0.120. The highest BCUT2D eigenvalue weighted by Crippen LogP contribution is 2.22. The number of amides is 2. The molecule has 3 aromatic rings. The highest BCUT2D eigenvalue weighted by molar-refractivity contribution is 7.80. The van der Waals surface area contributed by atoms with Crippen LogP contribution in [0.25, 0.3) is 0 Å². The molecular weight excluding hydrogens is 438 g/mol. The minimum Gasteiger partial charge on any atom is -0.465 e. The summed E-state index contributed by atoms with van der Waals surface area (Å²) in [5, 5.41) is 5.57. The van der Waals surface area contributed by atoms with Gasteiger partial charge in [0.05, 0.1) is 23.9 Å². The number of hydrogen-bond donors (Lipinski definition) is 2. The molecule has 0 heterocycles. The maximum atomic E-state index is 13.3. The lowest BCUT2D eigenvalue weighted by atomic mass is 10.1. The molecule has 0 spiro atoms. The van der Waals surface area contributed by atoms with Crippen molar-refractivity contribution in [3.8, 4) is 0 Å². The zero-order valence-electron chi connectivity index (χ0n) is 18.2. The number of rotatable bonds is 6. The number of para-hydroxylation sites is 2. The lowest BCUT2D eigenvalue weighted by Crippen LogP contribution is -2.35. The quantitative estimate of drug-likeness (QED) is 0.421. The Hall–Kier alpha value is -4.04. The predicted octanol–water partition coefficient (Wildman–Crippen LogP) is 4.27. The van der Waals surface area contributed by atoms with Crippen LogP contribution in [0.5, 0.6) is 0 Å². The molecule has 3 aromatic carbocycles. The van der Waals surface area contributed by atoms with Gasteiger partial charge in [-0.1, -0.05) is 30.3 Å². The third-order valence-electron chi connectivity index (χ3n) is 4.83. The molecule has 168 valence electrons. The Kier molecular flexibility index (Phi) is 7.88. The largest absolute Gasteiger partial charge is 0.465 e. The van der Waals surface area contributed by atoms with E-state index < -0.39 is 11.9 Å². The van der Waals surface area contributed by atoms with Crippen LogP contribution < -0.4 is 15.5 Å². The summed E-state index contributed by atoms with van der Waals surface area (Å²) in [6.07, 6.45) is 0. The lowest BCUT2D eigenvalue weighted by molar-refractivity contribution is 0.0600. The molecule has 0 aromatic heterocycles.